The maximum absolute atomic E-state index is 12.7. The van der Waals surface area contributed by atoms with Crippen molar-refractivity contribution >= 4 is 17.7 Å². The Morgan fingerprint density at radius 3 is 2.25 bits per heavy atom. The number of carboxylic acids is 1. The molecule has 2 N–H and O–H groups in total. The summed E-state index contributed by atoms with van der Waals surface area (Å²) in [5.41, 5.74) is 2.13. The van der Waals surface area contributed by atoms with E-state index in [1.807, 2.05) is 48.6 Å². The fourth-order valence-corrected chi connectivity index (χ4v) is 4.48. The molecule has 1 amide bonds. The van der Waals surface area contributed by atoms with Crippen LogP contribution in [0.15, 0.2) is 85.1 Å². The third-order valence-corrected chi connectivity index (χ3v) is 6.55. The molecule has 6 heteroatoms. The van der Waals surface area contributed by atoms with E-state index in [4.69, 9.17) is 4.74 Å². The van der Waals surface area contributed by atoms with Crippen molar-refractivity contribution in [1.29, 1.82) is 0 Å². The molecule has 0 unspecified atom stereocenters. The quantitative estimate of drug-likeness (QED) is 0.307. The molecule has 0 saturated heterocycles. The van der Waals surface area contributed by atoms with Gasteiger partial charge in [-0.05, 0) is 54.7 Å². The minimum Gasteiger partial charge on any atom is -0.497 e. The number of hydrogen-bond donors (Lipinski definition) is 2. The number of nitrogens with one attached hydrogen (secondary N) is 1. The molecule has 1 fully saturated rings. The van der Waals surface area contributed by atoms with E-state index >= 15 is 0 Å². The molecule has 0 radical (unpaired) electrons. The summed E-state index contributed by atoms with van der Waals surface area (Å²) in [4.78, 5) is 36.9. The second kappa shape index (κ2) is 12.7. The summed E-state index contributed by atoms with van der Waals surface area (Å²) in [5, 5.41) is 12.5. The zero-order valence-corrected chi connectivity index (χ0v) is 20.7. The Hall–Kier alpha value is -3.93. The molecule has 1 aliphatic carbocycles. The van der Waals surface area contributed by atoms with Crippen molar-refractivity contribution in [2.45, 2.75) is 44.9 Å². The van der Waals surface area contributed by atoms with Gasteiger partial charge in [0.2, 0.25) is 5.91 Å². The van der Waals surface area contributed by atoms with Crippen LogP contribution in [-0.4, -0.2) is 29.9 Å². The first-order valence-electron chi connectivity index (χ1n) is 12.1. The first kappa shape index (κ1) is 26.7. The van der Waals surface area contributed by atoms with Crippen molar-refractivity contribution in [3.8, 4) is 5.75 Å². The minimum atomic E-state index is -0.913. The third-order valence-electron chi connectivity index (χ3n) is 6.55. The van der Waals surface area contributed by atoms with Crippen LogP contribution in [0.1, 0.15) is 53.6 Å². The predicted octanol–water partition coefficient (Wildman–Crippen LogP) is 5.44. The van der Waals surface area contributed by atoms with Gasteiger partial charge in [0.05, 0.1) is 18.9 Å². The van der Waals surface area contributed by atoms with E-state index in [1.165, 1.54) is 0 Å². The zero-order valence-electron chi connectivity index (χ0n) is 20.7. The second-order valence-electron chi connectivity index (χ2n) is 9.13. The Morgan fingerprint density at radius 1 is 1.03 bits per heavy atom. The van der Waals surface area contributed by atoms with Crippen molar-refractivity contribution in [2.24, 2.45) is 5.41 Å². The number of ether oxygens (including phenoxy) is 1. The molecule has 36 heavy (non-hydrogen) atoms. The van der Waals surface area contributed by atoms with Gasteiger partial charge in [-0.15, -0.1) is 0 Å². The molecular weight excluding hydrogens is 454 g/mol. The lowest BCUT2D eigenvalue weighted by atomic mass is 9.80. The molecule has 188 valence electrons. The number of aliphatic carboxylic acids is 1. The number of allylic oxidation sites excluding steroid dienone is 4. The number of amides is 1. The number of Topliss-reactive ketones (excluding diaryl/α,β-unsaturated/α-hetero) is 1. The first-order chi connectivity index (χ1) is 17.3. The molecule has 2 aromatic carbocycles. The van der Waals surface area contributed by atoms with Gasteiger partial charge in [-0.25, -0.2) is 0 Å². The lowest BCUT2D eigenvalue weighted by Gasteiger charge is -2.22. The van der Waals surface area contributed by atoms with Crippen LogP contribution in [0.5, 0.6) is 5.75 Å². The summed E-state index contributed by atoms with van der Waals surface area (Å²) in [7, 11) is 1.60. The molecule has 0 atom stereocenters. The van der Waals surface area contributed by atoms with Crippen molar-refractivity contribution in [2.75, 3.05) is 7.11 Å². The van der Waals surface area contributed by atoms with Crippen molar-refractivity contribution in [3.05, 3.63) is 102 Å². The number of benzene rings is 2. The lowest BCUT2D eigenvalue weighted by molar-refractivity contribution is -0.148. The van der Waals surface area contributed by atoms with Crippen LogP contribution in [0, 0.1) is 5.41 Å². The van der Waals surface area contributed by atoms with E-state index in [9.17, 15) is 19.5 Å². The molecule has 0 aromatic heterocycles. The summed E-state index contributed by atoms with van der Waals surface area (Å²) in [6, 6.07) is 14.6. The molecule has 0 heterocycles. The van der Waals surface area contributed by atoms with Gasteiger partial charge in [-0.1, -0.05) is 68.0 Å². The van der Waals surface area contributed by atoms with Crippen LogP contribution < -0.4 is 10.1 Å². The van der Waals surface area contributed by atoms with Gasteiger partial charge in [0, 0.05) is 17.7 Å². The van der Waals surface area contributed by atoms with E-state index in [2.05, 4.69) is 11.9 Å². The number of ketones is 1. The van der Waals surface area contributed by atoms with Crippen LogP contribution >= 0.6 is 0 Å². The molecule has 1 saturated carbocycles. The number of carbonyl (C=O) groups excluding carboxylic acids is 2. The zero-order chi connectivity index (χ0) is 26.0. The maximum atomic E-state index is 12.7. The standard InChI is InChI=1S/C30H33NO5/c1-3-7-25(31-28(33)20-23-12-16-26(36-2)17-13-23)9-6-8-22-10-14-24(15-11-22)27(32)21-30(29(34)35)18-4-5-19-30/h3,6-7,9-17H,1,4-5,8,18-21H2,2H3,(H,31,33)(H,34,35)/b9-6-,25-7+. The van der Waals surface area contributed by atoms with Gasteiger partial charge in [-0.2, -0.15) is 0 Å². The van der Waals surface area contributed by atoms with E-state index in [-0.39, 0.29) is 24.5 Å². The second-order valence-corrected chi connectivity index (χ2v) is 9.13. The maximum Gasteiger partial charge on any atom is 0.310 e. The Kier molecular flexibility index (Phi) is 9.39. The largest absolute Gasteiger partial charge is 0.497 e. The van der Waals surface area contributed by atoms with E-state index < -0.39 is 11.4 Å². The molecule has 0 aliphatic heterocycles. The Balaban J connectivity index is 1.54. The highest BCUT2D eigenvalue weighted by Gasteiger charge is 2.42. The highest BCUT2D eigenvalue weighted by molar-refractivity contribution is 5.99. The van der Waals surface area contributed by atoms with Gasteiger partial charge < -0.3 is 15.2 Å². The first-order valence-corrected chi connectivity index (χ1v) is 12.1. The lowest BCUT2D eigenvalue weighted by Crippen LogP contribution is -2.30. The highest BCUT2D eigenvalue weighted by Crippen LogP contribution is 2.42. The molecule has 6 nitrogen and oxygen atoms in total. The fraction of sp³-hybridized carbons (Fsp3) is 0.300. The number of carbonyl (C=O) groups is 3. The van der Waals surface area contributed by atoms with Crippen molar-refractivity contribution in [3.63, 3.8) is 0 Å². The number of rotatable bonds is 12. The van der Waals surface area contributed by atoms with Crippen LogP contribution in [-0.2, 0) is 22.4 Å². The molecule has 3 rings (SSSR count). The summed E-state index contributed by atoms with van der Waals surface area (Å²) in [6.45, 7) is 3.71. The molecule has 2 aromatic rings. The van der Waals surface area contributed by atoms with Gasteiger partial charge in [0.25, 0.3) is 0 Å². The third kappa shape index (κ3) is 7.28. The summed E-state index contributed by atoms with van der Waals surface area (Å²) in [5.74, 6) is -0.390. The number of methoxy groups -OCH3 is 1. The van der Waals surface area contributed by atoms with Gasteiger partial charge >= 0.3 is 5.97 Å². The molecule has 1 aliphatic rings. The monoisotopic (exact) mass is 487 g/mol. The average Bonchev–Trinajstić information content (AvgIpc) is 3.35. The van der Waals surface area contributed by atoms with Crippen LogP contribution in [0.25, 0.3) is 0 Å². The summed E-state index contributed by atoms with van der Waals surface area (Å²) >= 11 is 0. The summed E-state index contributed by atoms with van der Waals surface area (Å²) in [6.07, 6.45) is 10.8. The van der Waals surface area contributed by atoms with Gasteiger partial charge in [-0.3, -0.25) is 14.4 Å². The van der Waals surface area contributed by atoms with E-state index in [0.29, 0.717) is 30.5 Å². The number of hydrogen-bond acceptors (Lipinski definition) is 4. The van der Waals surface area contributed by atoms with E-state index in [1.54, 1.807) is 31.4 Å². The van der Waals surface area contributed by atoms with Crippen LogP contribution in [0.2, 0.25) is 0 Å². The molecular formula is C30H33NO5. The topological polar surface area (TPSA) is 92.7 Å². The number of carboxylic acid groups (broad SMARTS) is 1. The minimum absolute atomic E-state index is 0.0491. The van der Waals surface area contributed by atoms with Gasteiger partial charge in [0.15, 0.2) is 5.78 Å². The van der Waals surface area contributed by atoms with Gasteiger partial charge in [0.1, 0.15) is 5.75 Å². The Morgan fingerprint density at radius 2 is 1.67 bits per heavy atom. The van der Waals surface area contributed by atoms with Crippen molar-refractivity contribution in [1.82, 2.24) is 5.32 Å². The Labute approximate surface area is 212 Å². The average molecular weight is 488 g/mol. The molecule has 0 bridgehead atoms. The fourth-order valence-electron chi connectivity index (χ4n) is 4.48. The highest BCUT2D eigenvalue weighted by atomic mass is 16.5. The normalized spacial score (nSPS) is 15.0. The smallest absolute Gasteiger partial charge is 0.310 e. The van der Waals surface area contributed by atoms with Crippen LogP contribution in [0.4, 0.5) is 0 Å². The van der Waals surface area contributed by atoms with Crippen LogP contribution in [0.3, 0.4) is 0 Å². The SMILES string of the molecule is C=C/C=C(\C=C/Cc1ccc(C(=O)CC2(C(=O)O)CCCC2)cc1)NC(=O)Cc1ccc(OC)cc1. The van der Waals surface area contributed by atoms with Crippen molar-refractivity contribution < 1.29 is 24.2 Å². The Bertz CT molecular complexity index is 1140. The summed E-state index contributed by atoms with van der Waals surface area (Å²) < 4.78 is 5.14. The van der Waals surface area contributed by atoms with E-state index in [0.717, 1.165) is 29.7 Å². The molecule has 0 spiro atoms. The predicted molar refractivity (Wildman–Crippen MR) is 140 cm³/mol.